The molecule has 1 aromatic rings. The van der Waals surface area contributed by atoms with Gasteiger partial charge in [-0.15, -0.1) is 0 Å². The fraction of sp³-hybridized carbons (Fsp3) is 0.500. The van der Waals surface area contributed by atoms with Crippen molar-refractivity contribution in [3.05, 3.63) is 23.9 Å². The van der Waals surface area contributed by atoms with Crippen molar-refractivity contribution in [1.29, 1.82) is 0 Å². The second-order valence-corrected chi connectivity index (χ2v) is 4.42. The number of rotatable bonds is 2. The summed E-state index contributed by atoms with van der Waals surface area (Å²) >= 11 is 1.95. The molecule has 13 heavy (non-hydrogen) atoms. The predicted octanol–water partition coefficient (Wildman–Crippen LogP) is 2.27. The van der Waals surface area contributed by atoms with E-state index in [-0.39, 0.29) is 0 Å². The van der Waals surface area contributed by atoms with E-state index in [0.717, 1.165) is 18.1 Å². The summed E-state index contributed by atoms with van der Waals surface area (Å²) in [6.45, 7) is 2.05. The minimum absolute atomic E-state index is 0.374. The molecular formula is C10H13NOS. The molecule has 0 amide bonds. The first-order valence-corrected chi connectivity index (χ1v) is 5.67. The Labute approximate surface area is 82.7 Å². The molecular weight excluding hydrogens is 182 g/mol. The molecule has 1 aliphatic rings. The zero-order valence-electron chi connectivity index (χ0n) is 7.69. The second-order valence-electron chi connectivity index (χ2n) is 3.27. The summed E-state index contributed by atoms with van der Waals surface area (Å²) in [6, 6.07) is 3.97. The van der Waals surface area contributed by atoms with Crippen LogP contribution in [0.2, 0.25) is 0 Å². The highest BCUT2D eigenvalue weighted by molar-refractivity contribution is 7.99. The minimum atomic E-state index is 0.374. The molecule has 3 heteroatoms. The van der Waals surface area contributed by atoms with Crippen LogP contribution in [-0.4, -0.2) is 22.6 Å². The van der Waals surface area contributed by atoms with Crippen LogP contribution in [0.1, 0.15) is 12.0 Å². The van der Waals surface area contributed by atoms with Gasteiger partial charge in [0.05, 0.1) is 0 Å². The van der Waals surface area contributed by atoms with Crippen LogP contribution in [0, 0.1) is 6.92 Å². The van der Waals surface area contributed by atoms with Crippen LogP contribution in [0.4, 0.5) is 0 Å². The van der Waals surface area contributed by atoms with Crippen LogP contribution in [0.3, 0.4) is 0 Å². The van der Waals surface area contributed by atoms with Crippen molar-refractivity contribution in [2.24, 2.45) is 0 Å². The molecule has 1 saturated heterocycles. The van der Waals surface area contributed by atoms with Crippen LogP contribution in [0.25, 0.3) is 0 Å². The van der Waals surface area contributed by atoms with E-state index in [1.807, 2.05) is 23.9 Å². The van der Waals surface area contributed by atoms with Crippen molar-refractivity contribution in [3.8, 4) is 5.88 Å². The Bertz CT molecular complexity index is 284. The summed E-state index contributed by atoms with van der Waals surface area (Å²) in [5.41, 5.74) is 1.20. The van der Waals surface area contributed by atoms with Crippen LogP contribution >= 0.6 is 11.8 Å². The van der Waals surface area contributed by atoms with Crippen molar-refractivity contribution in [2.45, 2.75) is 19.4 Å². The molecule has 1 atom stereocenters. The Kier molecular flexibility index (Phi) is 2.74. The lowest BCUT2D eigenvalue weighted by Gasteiger charge is -2.11. The van der Waals surface area contributed by atoms with Crippen molar-refractivity contribution in [3.63, 3.8) is 0 Å². The van der Waals surface area contributed by atoms with Crippen LogP contribution < -0.4 is 4.74 Å². The van der Waals surface area contributed by atoms with Gasteiger partial charge < -0.3 is 4.74 Å². The van der Waals surface area contributed by atoms with Crippen LogP contribution in [0.5, 0.6) is 5.88 Å². The van der Waals surface area contributed by atoms with Gasteiger partial charge in [-0.3, -0.25) is 0 Å². The van der Waals surface area contributed by atoms with E-state index in [4.69, 9.17) is 4.74 Å². The summed E-state index contributed by atoms with van der Waals surface area (Å²) in [7, 11) is 0. The first-order valence-electron chi connectivity index (χ1n) is 4.51. The van der Waals surface area contributed by atoms with Gasteiger partial charge in [0, 0.05) is 18.0 Å². The van der Waals surface area contributed by atoms with E-state index >= 15 is 0 Å². The average Bonchev–Trinajstić information content (AvgIpc) is 2.57. The number of aryl methyl sites for hydroxylation is 1. The van der Waals surface area contributed by atoms with Crippen molar-refractivity contribution in [2.75, 3.05) is 11.5 Å². The molecule has 0 bridgehead atoms. The van der Waals surface area contributed by atoms with Gasteiger partial charge in [-0.25, -0.2) is 4.98 Å². The highest BCUT2D eigenvalue weighted by Crippen LogP contribution is 2.22. The lowest BCUT2D eigenvalue weighted by molar-refractivity contribution is 0.220. The molecule has 70 valence electrons. The molecule has 2 heterocycles. The van der Waals surface area contributed by atoms with Gasteiger partial charge in [-0.05, 0) is 30.7 Å². The molecule has 0 saturated carbocycles. The molecule has 0 aliphatic carbocycles. The van der Waals surface area contributed by atoms with Crippen molar-refractivity contribution < 1.29 is 4.74 Å². The topological polar surface area (TPSA) is 22.1 Å². The highest BCUT2D eigenvalue weighted by atomic mass is 32.2. The molecule has 0 radical (unpaired) electrons. The summed E-state index contributed by atoms with van der Waals surface area (Å²) < 4.78 is 5.72. The lowest BCUT2D eigenvalue weighted by Crippen LogP contribution is -2.15. The molecule has 0 N–H and O–H groups in total. The van der Waals surface area contributed by atoms with Crippen LogP contribution in [-0.2, 0) is 0 Å². The standard InChI is InChI=1S/C10H13NOS/c1-8-2-4-11-10(6-8)12-9-3-5-13-7-9/h2,4,6,9H,3,5,7H2,1H3. The molecule has 2 nitrogen and oxygen atoms in total. The zero-order valence-corrected chi connectivity index (χ0v) is 8.51. The van der Waals surface area contributed by atoms with Crippen molar-refractivity contribution >= 4 is 11.8 Å². The molecule has 1 unspecified atom stereocenters. The third kappa shape index (κ3) is 2.37. The number of ether oxygens (including phenoxy) is 1. The van der Waals surface area contributed by atoms with Gasteiger partial charge in [-0.2, -0.15) is 11.8 Å². The van der Waals surface area contributed by atoms with Crippen LogP contribution in [0.15, 0.2) is 18.3 Å². The number of nitrogens with zero attached hydrogens (tertiary/aromatic N) is 1. The number of pyridine rings is 1. The Balaban J connectivity index is 2.00. The number of aromatic nitrogens is 1. The quantitative estimate of drug-likeness (QED) is 0.722. The lowest BCUT2D eigenvalue weighted by atomic mass is 10.3. The summed E-state index contributed by atoms with van der Waals surface area (Å²) in [6.07, 6.45) is 3.33. The maximum Gasteiger partial charge on any atom is 0.213 e. The van der Waals surface area contributed by atoms with E-state index in [1.54, 1.807) is 6.20 Å². The van der Waals surface area contributed by atoms with E-state index < -0.39 is 0 Å². The molecule has 1 fully saturated rings. The van der Waals surface area contributed by atoms with Crippen molar-refractivity contribution in [1.82, 2.24) is 4.98 Å². The Morgan fingerprint density at radius 1 is 1.62 bits per heavy atom. The smallest absolute Gasteiger partial charge is 0.213 e. The first kappa shape index (κ1) is 8.88. The van der Waals surface area contributed by atoms with Gasteiger partial charge in [0.15, 0.2) is 0 Å². The molecule has 1 aromatic heterocycles. The number of thioether (sulfide) groups is 1. The number of hydrogen-bond donors (Lipinski definition) is 0. The van der Waals surface area contributed by atoms with Gasteiger partial charge in [0.1, 0.15) is 6.10 Å². The summed E-state index contributed by atoms with van der Waals surface area (Å²) in [5.74, 6) is 3.10. The first-order chi connectivity index (χ1) is 6.34. The fourth-order valence-corrected chi connectivity index (χ4v) is 2.44. The van der Waals surface area contributed by atoms with E-state index in [9.17, 15) is 0 Å². The predicted molar refractivity (Wildman–Crippen MR) is 55.3 cm³/mol. The molecule has 1 aliphatic heterocycles. The Morgan fingerprint density at radius 3 is 3.23 bits per heavy atom. The van der Waals surface area contributed by atoms with E-state index in [2.05, 4.69) is 11.9 Å². The van der Waals surface area contributed by atoms with Gasteiger partial charge in [0.2, 0.25) is 5.88 Å². The maximum atomic E-state index is 5.72. The van der Waals surface area contributed by atoms with Gasteiger partial charge >= 0.3 is 0 Å². The highest BCUT2D eigenvalue weighted by Gasteiger charge is 2.17. The number of hydrogen-bond acceptors (Lipinski definition) is 3. The maximum absolute atomic E-state index is 5.72. The molecule has 0 aromatic carbocycles. The minimum Gasteiger partial charge on any atom is -0.473 e. The largest absolute Gasteiger partial charge is 0.473 e. The normalized spacial score (nSPS) is 21.8. The SMILES string of the molecule is Cc1ccnc(OC2CCSC2)c1. The third-order valence-corrected chi connectivity index (χ3v) is 3.20. The summed E-state index contributed by atoms with van der Waals surface area (Å²) in [5, 5.41) is 0. The average molecular weight is 195 g/mol. The van der Waals surface area contributed by atoms with Gasteiger partial charge in [-0.1, -0.05) is 0 Å². The Morgan fingerprint density at radius 2 is 2.54 bits per heavy atom. The van der Waals surface area contributed by atoms with Gasteiger partial charge in [0.25, 0.3) is 0 Å². The third-order valence-electron chi connectivity index (χ3n) is 2.07. The summed E-state index contributed by atoms with van der Waals surface area (Å²) in [4.78, 5) is 4.17. The van der Waals surface area contributed by atoms with E-state index in [0.29, 0.717) is 6.10 Å². The molecule has 2 rings (SSSR count). The second kappa shape index (κ2) is 4.01. The Hall–Kier alpha value is -0.700. The zero-order chi connectivity index (χ0) is 9.10. The van der Waals surface area contributed by atoms with E-state index in [1.165, 1.54) is 11.3 Å². The molecule has 0 spiro atoms. The fourth-order valence-electron chi connectivity index (χ4n) is 1.35. The monoisotopic (exact) mass is 195 g/mol.